The van der Waals surface area contributed by atoms with Gasteiger partial charge in [-0.1, -0.05) is 102 Å². The van der Waals surface area contributed by atoms with Gasteiger partial charge in [0, 0.05) is 22.9 Å². The number of aliphatic imine (C=N–C) groups is 1. The fraction of sp³-hybridized carbons (Fsp3) is 0.410. The Kier molecular flexibility index (Phi) is 13.0. The molecule has 0 atom stereocenters. The van der Waals surface area contributed by atoms with E-state index in [2.05, 4.69) is 23.8 Å². The fourth-order valence-corrected chi connectivity index (χ4v) is 5.88. The van der Waals surface area contributed by atoms with E-state index in [0.717, 1.165) is 54.0 Å². The molecule has 6 nitrogen and oxygen atoms in total. The highest BCUT2D eigenvalue weighted by Gasteiger charge is 2.39. The van der Waals surface area contributed by atoms with Crippen molar-refractivity contribution in [2.45, 2.75) is 90.9 Å². The number of ether oxygens (including phenoxy) is 2. The minimum Gasteiger partial charge on any atom is -0.626 e. The highest BCUT2D eigenvalue weighted by Crippen LogP contribution is 2.37. The second-order valence-electron chi connectivity index (χ2n) is 12.4. The smallest absolute Gasteiger partial charge is 0.626 e. The van der Waals surface area contributed by atoms with Crippen LogP contribution in [0.2, 0.25) is 0 Å². The molecule has 3 heterocycles. The Morgan fingerprint density at radius 3 is 1.88 bits per heavy atom. The molecule has 0 aliphatic carbocycles. The standard InChI is InChI=1S/C39H48BF2N2O4/c1-3-5-7-9-11-17-27-45-36-21-15-13-19-30(36)32-23-25-34(43-32)38-29-39(48-40(41,42)47-38)35-26-24-33(44-35)31-20-14-16-22-37(31)46-28-18-12-10-8-6-4-2/h13-16,19-26,29,43H,3-12,17-18,27-28H2,1-2H3/q-1/b39-35-. The number of unbranched alkanes of at least 4 members (excludes halogenated alkanes) is 10. The SMILES string of the molecule is CCCCCCCCOc1ccccc1C1=N/C(=C2/C=C(c3ccc(-c4ccccc4OCCCCCCCC)[nH]3)O[B-](F)(F)O2)C=C1. The van der Waals surface area contributed by atoms with E-state index in [1.165, 1.54) is 57.4 Å². The topological polar surface area (TPSA) is 65.1 Å². The molecule has 2 aromatic carbocycles. The van der Waals surface area contributed by atoms with Crippen LogP contribution in [-0.4, -0.2) is 31.0 Å². The molecule has 256 valence electrons. The number of nitrogens with one attached hydrogen (secondary N) is 1. The minimum absolute atomic E-state index is 0.0230. The number of hydrogen-bond donors (Lipinski definition) is 1. The van der Waals surface area contributed by atoms with Gasteiger partial charge in [0.05, 0.1) is 24.6 Å². The third-order valence-corrected chi connectivity index (χ3v) is 8.49. The summed E-state index contributed by atoms with van der Waals surface area (Å²) in [6.45, 7) is 5.66. The summed E-state index contributed by atoms with van der Waals surface area (Å²) in [5.74, 6) is 1.38. The Morgan fingerprint density at radius 2 is 1.21 bits per heavy atom. The molecule has 9 heteroatoms. The Balaban J connectivity index is 1.29. The lowest BCUT2D eigenvalue weighted by Gasteiger charge is -2.34. The molecule has 0 spiro atoms. The maximum absolute atomic E-state index is 14.9. The molecule has 0 saturated carbocycles. The van der Waals surface area contributed by atoms with Gasteiger partial charge in [0.1, 0.15) is 28.7 Å². The first-order valence-corrected chi connectivity index (χ1v) is 17.7. The summed E-state index contributed by atoms with van der Waals surface area (Å²) in [7, 11) is -4.62. The number of benzene rings is 2. The van der Waals surface area contributed by atoms with E-state index in [-0.39, 0.29) is 11.5 Å². The van der Waals surface area contributed by atoms with Crippen LogP contribution in [0, 0.1) is 0 Å². The Morgan fingerprint density at radius 1 is 0.646 bits per heavy atom. The van der Waals surface area contributed by atoms with E-state index in [1.807, 2.05) is 54.6 Å². The molecule has 1 N–H and O–H groups in total. The summed E-state index contributed by atoms with van der Waals surface area (Å²) < 4.78 is 52.1. The zero-order valence-electron chi connectivity index (χ0n) is 28.3. The van der Waals surface area contributed by atoms with E-state index in [9.17, 15) is 8.63 Å². The van der Waals surface area contributed by atoms with Crippen LogP contribution in [0.1, 0.15) is 102 Å². The van der Waals surface area contributed by atoms with Gasteiger partial charge < -0.3 is 32.4 Å². The largest absolute Gasteiger partial charge is 0.726 e. The van der Waals surface area contributed by atoms with Crippen molar-refractivity contribution in [1.29, 1.82) is 0 Å². The quantitative estimate of drug-likeness (QED) is 0.103. The summed E-state index contributed by atoms with van der Waals surface area (Å²) >= 11 is 0. The summed E-state index contributed by atoms with van der Waals surface area (Å²) in [6, 6.07) is 19.0. The zero-order chi connectivity index (χ0) is 33.6. The van der Waals surface area contributed by atoms with Gasteiger partial charge >= 0.3 is 7.11 Å². The number of rotatable bonds is 19. The first kappa shape index (κ1) is 35.1. The molecule has 0 radical (unpaired) electrons. The Hall–Kier alpha value is -4.27. The molecule has 2 aliphatic heterocycles. The van der Waals surface area contributed by atoms with Crippen molar-refractivity contribution in [3.8, 4) is 22.8 Å². The molecule has 0 saturated heterocycles. The Labute approximate surface area is 284 Å². The molecule has 48 heavy (non-hydrogen) atoms. The number of para-hydroxylation sites is 2. The Bertz CT molecular complexity index is 1610. The van der Waals surface area contributed by atoms with E-state index < -0.39 is 7.11 Å². The number of H-pyrrole nitrogens is 1. The lowest BCUT2D eigenvalue weighted by molar-refractivity contribution is 0.171. The highest BCUT2D eigenvalue weighted by molar-refractivity contribution is 6.53. The van der Waals surface area contributed by atoms with Crippen molar-refractivity contribution < 1.29 is 27.4 Å². The van der Waals surface area contributed by atoms with Crippen LogP contribution in [0.5, 0.6) is 11.5 Å². The summed E-state index contributed by atoms with van der Waals surface area (Å²) in [6.07, 6.45) is 19.1. The van der Waals surface area contributed by atoms with Crippen LogP contribution in [0.4, 0.5) is 8.63 Å². The summed E-state index contributed by atoms with van der Waals surface area (Å²) in [4.78, 5) is 7.91. The molecule has 0 amide bonds. The van der Waals surface area contributed by atoms with Crippen LogP contribution in [0.25, 0.3) is 17.0 Å². The summed E-state index contributed by atoms with van der Waals surface area (Å²) in [5, 5.41) is 0. The van der Waals surface area contributed by atoms with Crippen LogP contribution in [0.15, 0.2) is 95.3 Å². The van der Waals surface area contributed by atoms with Gasteiger partial charge in [-0.2, -0.15) is 0 Å². The van der Waals surface area contributed by atoms with Crippen LogP contribution >= 0.6 is 0 Å². The van der Waals surface area contributed by atoms with E-state index >= 15 is 0 Å². The minimum atomic E-state index is -4.62. The van der Waals surface area contributed by atoms with Crippen molar-refractivity contribution in [2.24, 2.45) is 4.99 Å². The molecule has 2 aliphatic rings. The van der Waals surface area contributed by atoms with Crippen LogP contribution in [-0.2, 0) is 9.31 Å². The molecular formula is C39H48BF2N2O4-. The van der Waals surface area contributed by atoms with Crippen LogP contribution in [0.3, 0.4) is 0 Å². The average molecular weight is 658 g/mol. The van der Waals surface area contributed by atoms with Crippen LogP contribution < -0.4 is 9.47 Å². The molecular weight excluding hydrogens is 609 g/mol. The fourth-order valence-electron chi connectivity index (χ4n) is 5.88. The number of hydrogen-bond acceptors (Lipinski definition) is 5. The molecule has 0 bridgehead atoms. The third-order valence-electron chi connectivity index (χ3n) is 8.49. The van der Waals surface area contributed by atoms with E-state index in [4.69, 9.17) is 18.8 Å². The molecule has 1 aromatic heterocycles. The predicted molar refractivity (Wildman–Crippen MR) is 191 cm³/mol. The monoisotopic (exact) mass is 657 g/mol. The average Bonchev–Trinajstić information content (AvgIpc) is 3.79. The number of aromatic nitrogens is 1. The second-order valence-corrected chi connectivity index (χ2v) is 12.4. The summed E-state index contributed by atoms with van der Waals surface area (Å²) in [5.41, 5.74) is 3.70. The van der Waals surface area contributed by atoms with E-state index in [0.29, 0.717) is 30.3 Å². The van der Waals surface area contributed by atoms with Crippen molar-refractivity contribution in [2.75, 3.05) is 13.2 Å². The van der Waals surface area contributed by atoms with E-state index in [1.54, 1.807) is 18.2 Å². The maximum atomic E-state index is 14.9. The van der Waals surface area contributed by atoms with Gasteiger partial charge in [-0.3, -0.25) is 0 Å². The van der Waals surface area contributed by atoms with Crippen molar-refractivity contribution in [3.63, 3.8) is 0 Å². The van der Waals surface area contributed by atoms with Gasteiger partial charge in [-0.05, 0) is 61.4 Å². The van der Waals surface area contributed by atoms with Gasteiger partial charge in [0.15, 0.2) is 0 Å². The van der Waals surface area contributed by atoms with Gasteiger partial charge in [-0.15, -0.1) is 0 Å². The predicted octanol–water partition coefficient (Wildman–Crippen LogP) is 11.2. The molecule has 0 fully saturated rings. The zero-order valence-corrected chi connectivity index (χ0v) is 28.3. The van der Waals surface area contributed by atoms with Gasteiger partial charge in [0.25, 0.3) is 0 Å². The molecule has 5 rings (SSSR count). The first-order chi connectivity index (χ1) is 23.5. The molecule has 3 aromatic rings. The van der Waals surface area contributed by atoms with Crippen molar-refractivity contribution >= 4 is 18.6 Å². The normalized spacial score (nSPS) is 16.7. The third kappa shape index (κ3) is 9.88. The van der Waals surface area contributed by atoms with Gasteiger partial charge in [0.2, 0.25) is 0 Å². The lowest BCUT2D eigenvalue weighted by atomic mass is 10.1. The van der Waals surface area contributed by atoms with Gasteiger partial charge in [-0.25, -0.2) is 4.99 Å². The highest BCUT2D eigenvalue weighted by atomic mass is 19.3. The number of halogens is 2. The lowest BCUT2D eigenvalue weighted by Crippen LogP contribution is -2.34. The number of allylic oxidation sites excluding steroid dienone is 3. The van der Waals surface area contributed by atoms with Crippen molar-refractivity contribution in [3.05, 3.63) is 102 Å². The molecule has 0 unspecified atom stereocenters. The second kappa shape index (κ2) is 17.8. The number of nitrogens with zero attached hydrogens (tertiary/aromatic N) is 1. The van der Waals surface area contributed by atoms with Crippen molar-refractivity contribution in [1.82, 2.24) is 4.98 Å². The maximum Gasteiger partial charge on any atom is 0.726 e. The first-order valence-electron chi connectivity index (χ1n) is 17.7. The number of aromatic amines is 1.